The van der Waals surface area contributed by atoms with Gasteiger partial charge < -0.3 is 10.2 Å². The number of rotatable bonds is 12. The molecule has 0 aliphatic rings. The topological polar surface area (TPSA) is 86.8 Å². The number of sulfonamides is 1. The molecule has 0 aliphatic heterocycles. The van der Waals surface area contributed by atoms with Gasteiger partial charge in [-0.15, -0.1) is 0 Å². The van der Waals surface area contributed by atoms with Crippen molar-refractivity contribution >= 4 is 27.5 Å². The number of halogens is 1. The molecule has 38 heavy (non-hydrogen) atoms. The van der Waals surface area contributed by atoms with Gasteiger partial charge in [0, 0.05) is 33.0 Å². The quantitative estimate of drug-likeness (QED) is 0.376. The van der Waals surface area contributed by atoms with Crippen molar-refractivity contribution < 1.29 is 22.4 Å². The molecular formula is C29H34FN3O4S. The van der Waals surface area contributed by atoms with E-state index in [-0.39, 0.29) is 37.7 Å². The van der Waals surface area contributed by atoms with Crippen LogP contribution in [0.4, 0.5) is 10.1 Å². The van der Waals surface area contributed by atoms with Crippen LogP contribution in [0.25, 0.3) is 0 Å². The van der Waals surface area contributed by atoms with Crippen LogP contribution in [0.2, 0.25) is 0 Å². The van der Waals surface area contributed by atoms with Crippen molar-refractivity contribution in [3.8, 4) is 0 Å². The minimum absolute atomic E-state index is 0.0291. The second kappa shape index (κ2) is 13.2. The standard InChI is InChI=1S/C29H34FN3O4S/c1-22-9-7-12-24(19-22)21-32(27(29(35)31-2)20-23-10-5-4-6-11-23)28(34)13-8-18-33(38(3,36)37)26-16-14-25(30)15-17-26/h4-7,9-12,14-17,19,27H,8,13,18,20-21H2,1-3H3,(H,31,35)/t27-/m1/s1. The molecule has 0 bridgehead atoms. The molecule has 0 unspecified atom stereocenters. The Morgan fingerprint density at radius 1 is 0.947 bits per heavy atom. The molecule has 2 amide bonds. The van der Waals surface area contributed by atoms with Gasteiger partial charge in [0.25, 0.3) is 0 Å². The van der Waals surface area contributed by atoms with Crippen molar-refractivity contribution in [2.24, 2.45) is 0 Å². The van der Waals surface area contributed by atoms with E-state index in [4.69, 9.17) is 0 Å². The molecule has 3 aromatic rings. The van der Waals surface area contributed by atoms with Crippen LogP contribution in [0.3, 0.4) is 0 Å². The van der Waals surface area contributed by atoms with Crippen molar-refractivity contribution in [1.82, 2.24) is 10.2 Å². The lowest BCUT2D eigenvalue weighted by Gasteiger charge is -2.31. The molecule has 0 spiro atoms. The highest BCUT2D eigenvalue weighted by molar-refractivity contribution is 7.92. The number of benzene rings is 3. The molecule has 0 aromatic heterocycles. The highest BCUT2D eigenvalue weighted by Crippen LogP contribution is 2.21. The predicted molar refractivity (Wildman–Crippen MR) is 148 cm³/mol. The number of carbonyl (C=O) groups is 2. The summed E-state index contributed by atoms with van der Waals surface area (Å²) in [6.45, 7) is 2.24. The molecule has 3 rings (SSSR count). The monoisotopic (exact) mass is 539 g/mol. The van der Waals surface area contributed by atoms with Gasteiger partial charge in [-0.25, -0.2) is 12.8 Å². The molecule has 1 N–H and O–H groups in total. The molecular weight excluding hydrogens is 505 g/mol. The maximum Gasteiger partial charge on any atom is 0.242 e. The molecule has 202 valence electrons. The minimum atomic E-state index is -3.65. The molecule has 1 atom stereocenters. The maximum absolute atomic E-state index is 13.6. The van der Waals surface area contributed by atoms with E-state index in [1.54, 1.807) is 11.9 Å². The fraction of sp³-hybridized carbons (Fsp3) is 0.310. The number of hydrogen-bond donors (Lipinski definition) is 1. The normalized spacial score (nSPS) is 12.0. The van der Waals surface area contributed by atoms with Crippen molar-refractivity contribution in [2.75, 3.05) is 24.2 Å². The van der Waals surface area contributed by atoms with Crippen LogP contribution in [-0.2, 0) is 32.6 Å². The van der Waals surface area contributed by atoms with E-state index >= 15 is 0 Å². The van der Waals surface area contributed by atoms with Gasteiger partial charge in [0.1, 0.15) is 11.9 Å². The van der Waals surface area contributed by atoms with E-state index in [2.05, 4.69) is 5.32 Å². The number of nitrogens with zero attached hydrogens (tertiary/aromatic N) is 2. The minimum Gasteiger partial charge on any atom is -0.357 e. The Hall–Kier alpha value is -3.72. The second-order valence-corrected chi connectivity index (χ2v) is 11.2. The van der Waals surface area contributed by atoms with E-state index in [1.165, 1.54) is 24.3 Å². The molecule has 3 aromatic carbocycles. The second-order valence-electron chi connectivity index (χ2n) is 9.25. The Bertz CT molecular complexity index is 1330. The number of likely N-dealkylation sites (N-methyl/N-ethyl adjacent to an activating group) is 1. The number of carbonyl (C=O) groups excluding carboxylic acids is 2. The Balaban J connectivity index is 1.84. The third-order valence-corrected chi connectivity index (χ3v) is 7.41. The van der Waals surface area contributed by atoms with E-state index in [9.17, 15) is 22.4 Å². The molecule has 0 aliphatic carbocycles. The highest BCUT2D eigenvalue weighted by atomic mass is 32.2. The van der Waals surface area contributed by atoms with Crippen LogP contribution >= 0.6 is 0 Å². The van der Waals surface area contributed by atoms with Crippen LogP contribution < -0.4 is 9.62 Å². The van der Waals surface area contributed by atoms with Gasteiger partial charge in [-0.2, -0.15) is 0 Å². The first kappa shape index (κ1) is 28.8. The third kappa shape index (κ3) is 8.14. The summed E-state index contributed by atoms with van der Waals surface area (Å²) in [6, 6.07) is 21.7. The van der Waals surface area contributed by atoms with Gasteiger partial charge in [-0.3, -0.25) is 13.9 Å². The third-order valence-electron chi connectivity index (χ3n) is 6.22. The lowest BCUT2D eigenvalue weighted by molar-refractivity contribution is -0.141. The number of hydrogen-bond acceptors (Lipinski definition) is 4. The first-order valence-electron chi connectivity index (χ1n) is 12.4. The molecule has 0 heterocycles. The van der Waals surface area contributed by atoms with Crippen LogP contribution in [0.5, 0.6) is 0 Å². The molecule has 0 radical (unpaired) electrons. The molecule has 7 nitrogen and oxygen atoms in total. The Kier molecular flexibility index (Phi) is 10.0. The summed E-state index contributed by atoms with van der Waals surface area (Å²) in [5.41, 5.74) is 3.18. The van der Waals surface area contributed by atoms with Gasteiger partial charge in [0.05, 0.1) is 11.9 Å². The highest BCUT2D eigenvalue weighted by Gasteiger charge is 2.30. The zero-order valence-corrected chi connectivity index (χ0v) is 22.7. The fourth-order valence-electron chi connectivity index (χ4n) is 4.34. The first-order valence-corrected chi connectivity index (χ1v) is 14.3. The number of amides is 2. The molecule has 0 saturated heterocycles. The lowest BCUT2D eigenvalue weighted by Crippen LogP contribution is -2.49. The smallest absolute Gasteiger partial charge is 0.242 e. The Labute approximate surface area is 224 Å². The summed E-state index contributed by atoms with van der Waals surface area (Å²) in [6.07, 6.45) is 1.66. The summed E-state index contributed by atoms with van der Waals surface area (Å²) >= 11 is 0. The Morgan fingerprint density at radius 2 is 1.61 bits per heavy atom. The van der Waals surface area contributed by atoms with E-state index in [1.807, 2.05) is 61.5 Å². The van der Waals surface area contributed by atoms with E-state index in [0.717, 1.165) is 27.3 Å². The summed E-state index contributed by atoms with van der Waals surface area (Å²) in [4.78, 5) is 28.2. The number of anilines is 1. The van der Waals surface area contributed by atoms with Gasteiger partial charge in [-0.05, 0) is 48.7 Å². The van der Waals surface area contributed by atoms with Crippen molar-refractivity contribution in [2.45, 2.75) is 38.8 Å². The molecule has 0 fully saturated rings. The van der Waals surface area contributed by atoms with Gasteiger partial charge in [0.15, 0.2) is 0 Å². The fourth-order valence-corrected chi connectivity index (χ4v) is 5.30. The summed E-state index contributed by atoms with van der Waals surface area (Å²) in [7, 11) is -2.11. The number of aryl methyl sites for hydroxylation is 1. The van der Waals surface area contributed by atoms with Gasteiger partial charge in [0.2, 0.25) is 21.8 Å². The summed E-state index contributed by atoms with van der Waals surface area (Å²) in [5, 5.41) is 2.69. The summed E-state index contributed by atoms with van der Waals surface area (Å²) < 4.78 is 39.4. The molecule has 0 saturated carbocycles. The van der Waals surface area contributed by atoms with E-state index < -0.39 is 21.9 Å². The maximum atomic E-state index is 13.6. The Morgan fingerprint density at radius 3 is 2.21 bits per heavy atom. The van der Waals surface area contributed by atoms with Crippen LogP contribution in [0.15, 0.2) is 78.9 Å². The van der Waals surface area contributed by atoms with Crippen molar-refractivity contribution in [3.63, 3.8) is 0 Å². The van der Waals surface area contributed by atoms with Crippen LogP contribution in [-0.4, -0.2) is 51.0 Å². The molecule has 9 heteroatoms. The van der Waals surface area contributed by atoms with Gasteiger partial charge in [-0.1, -0.05) is 60.2 Å². The van der Waals surface area contributed by atoms with E-state index in [0.29, 0.717) is 12.1 Å². The van der Waals surface area contributed by atoms with Crippen LogP contribution in [0.1, 0.15) is 29.5 Å². The summed E-state index contributed by atoms with van der Waals surface area (Å²) in [5.74, 6) is -1.01. The van der Waals surface area contributed by atoms with Crippen molar-refractivity contribution in [3.05, 3.63) is 101 Å². The average Bonchev–Trinajstić information content (AvgIpc) is 2.88. The largest absolute Gasteiger partial charge is 0.357 e. The lowest BCUT2D eigenvalue weighted by atomic mass is 10.0. The van der Waals surface area contributed by atoms with Gasteiger partial charge >= 0.3 is 0 Å². The van der Waals surface area contributed by atoms with Crippen molar-refractivity contribution in [1.29, 1.82) is 0 Å². The average molecular weight is 540 g/mol. The SMILES string of the molecule is CNC(=O)[C@@H](Cc1ccccc1)N(Cc1cccc(C)c1)C(=O)CCCN(c1ccc(F)cc1)S(C)(=O)=O. The zero-order chi connectivity index (χ0) is 27.7. The van der Waals surface area contributed by atoms with Crippen LogP contribution in [0, 0.1) is 12.7 Å². The number of nitrogens with one attached hydrogen (secondary N) is 1. The first-order chi connectivity index (χ1) is 18.1. The predicted octanol–water partition coefficient (Wildman–Crippen LogP) is 4.07. The zero-order valence-electron chi connectivity index (χ0n) is 21.9.